The second kappa shape index (κ2) is 3.15. The molecule has 0 saturated heterocycles. The van der Waals surface area contributed by atoms with E-state index in [9.17, 15) is 4.39 Å². The zero-order chi connectivity index (χ0) is 11.2. The summed E-state index contributed by atoms with van der Waals surface area (Å²) in [5, 5.41) is 2.76. The second-order valence-corrected chi connectivity index (χ2v) is 4.83. The van der Waals surface area contributed by atoms with Crippen LogP contribution in [0.15, 0.2) is 0 Å². The zero-order valence-electron chi connectivity index (χ0n) is 9.56. The van der Waals surface area contributed by atoms with Crippen LogP contribution in [0.4, 0.5) is 10.2 Å². The highest BCUT2D eigenvalue weighted by Gasteiger charge is 2.48. The molecule has 1 fully saturated rings. The molecule has 1 atom stereocenters. The van der Waals surface area contributed by atoms with Gasteiger partial charge in [-0.1, -0.05) is 13.8 Å². The molecule has 2 rings (SSSR count). The van der Waals surface area contributed by atoms with Crippen LogP contribution in [-0.4, -0.2) is 17.0 Å². The molecular formula is C11H16FN3. The minimum absolute atomic E-state index is 0.273. The van der Waals surface area contributed by atoms with Crippen LogP contribution in [0.3, 0.4) is 0 Å². The van der Waals surface area contributed by atoms with Crippen molar-refractivity contribution in [2.45, 2.75) is 33.1 Å². The highest BCUT2D eigenvalue weighted by molar-refractivity contribution is 5.38. The number of nitrogens with one attached hydrogen (secondary N) is 1. The molecule has 0 amide bonds. The topological polar surface area (TPSA) is 37.8 Å². The quantitative estimate of drug-likeness (QED) is 0.813. The average molecular weight is 209 g/mol. The molecule has 1 saturated carbocycles. The first-order valence-electron chi connectivity index (χ1n) is 5.17. The Balaban J connectivity index is 2.39. The molecule has 1 aliphatic rings. The van der Waals surface area contributed by atoms with Crippen molar-refractivity contribution in [3.63, 3.8) is 0 Å². The molecule has 1 unspecified atom stereocenters. The molecular weight excluding hydrogens is 193 g/mol. The Morgan fingerprint density at radius 2 is 2.00 bits per heavy atom. The molecule has 1 N–H and O–H groups in total. The van der Waals surface area contributed by atoms with Gasteiger partial charge in [-0.15, -0.1) is 0 Å². The normalized spacial score (nSPS) is 22.6. The van der Waals surface area contributed by atoms with Gasteiger partial charge in [0.2, 0.25) is 0 Å². The van der Waals surface area contributed by atoms with Gasteiger partial charge in [-0.2, -0.15) is 0 Å². The standard InChI is InChI=1S/C11H16FN3/c1-6-8(12)10(13-4)15-9(14-6)7-5-11(7,2)3/h7H,5H2,1-4H3,(H,13,14,15). The fourth-order valence-electron chi connectivity index (χ4n) is 1.81. The summed E-state index contributed by atoms with van der Waals surface area (Å²) in [4.78, 5) is 8.42. The van der Waals surface area contributed by atoms with E-state index in [0.717, 1.165) is 12.2 Å². The first kappa shape index (κ1) is 10.3. The molecule has 4 heteroatoms. The van der Waals surface area contributed by atoms with Gasteiger partial charge < -0.3 is 5.32 Å². The van der Waals surface area contributed by atoms with Gasteiger partial charge in [-0.25, -0.2) is 14.4 Å². The number of aromatic nitrogens is 2. The lowest BCUT2D eigenvalue weighted by Crippen LogP contribution is -2.06. The summed E-state index contributed by atoms with van der Waals surface area (Å²) in [6.07, 6.45) is 1.08. The summed E-state index contributed by atoms with van der Waals surface area (Å²) in [5.74, 6) is 1.10. The monoisotopic (exact) mass is 209 g/mol. The average Bonchev–Trinajstić information content (AvgIpc) is 2.80. The van der Waals surface area contributed by atoms with E-state index >= 15 is 0 Å². The number of halogens is 1. The largest absolute Gasteiger partial charge is 0.371 e. The van der Waals surface area contributed by atoms with E-state index < -0.39 is 0 Å². The van der Waals surface area contributed by atoms with Crippen LogP contribution >= 0.6 is 0 Å². The number of hydrogen-bond donors (Lipinski definition) is 1. The summed E-state index contributed by atoms with van der Waals surface area (Å²) < 4.78 is 13.5. The van der Waals surface area contributed by atoms with E-state index in [2.05, 4.69) is 29.1 Å². The molecule has 0 bridgehead atoms. The molecule has 1 heterocycles. The summed E-state index contributed by atoms with van der Waals surface area (Å²) in [7, 11) is 1.67. The summed E-state index contributed by atoms with van der Waals surface area (Å²) in [5.41, 5.74) is 0.696. The third-order valence-electron chi connectivity index (χ3n) is 3.10. The highest BCUT2D eigenvalue weighted by atomic mass is 19.1. The second-order valence-electron chi connectivity index (χ2n) is 4.83. The van der Waals surface area contributed by atoms with Gasteiger partial charge in [0.1, 0.15) is 5.82 Å². The van der Waals surface area contributed by atoms with E-state index in [1.54, 1.807) is 14.0 Å². The smallest absolute Gasteiger partial charge is 0.186 e. The maximum atomic E-state index is 13.5. The van der Waals surface area contributed by atoms with Crippen molar-refractivity contribution in [3.8, 4) is 0 Å². The lowest BCUT2D eigenvalue weighted by Gasteiger charge is -2.08. The predicted octanol–water partition coefficient (Wildman–Crippen LogP) is 2.48. The molecule has 1 aliphatic carbocycles. The van der Waals surface area contributed by atoms with E-state index in [1.165, 1.54) is 0 Å². The fraction of sp³-hybridized carbons (Fsp3) is 0.636. The van der Waals surface area contributed by atoms with Crippen molar-refractivity contribution >= 4 is 5.82 Å². The Morgan fingerprint density at radius 3 is 2.47 bits per heavy atom. The fourth-order valence-corrected chi connectivity index (χ4v) is 1.81. The van der Waals surface area contributed by atoms with Gasteiger partial charge in [-0.05, 0) is 18.8 Å². The Morgan fingerprint density at radius 1 is 1.40 bits per heavy atom. The lowest BCUT2D eigenvalue weighted by molar-refractivity contribution is 0.582. The van der Waals surface area contributed by atoms with Gasteiger partial charge >= 0.3 is 0 Å². The van der Waals surface area contributed by atoms with Crippen LogP contribution in [0.5, 0.6) is 0 Å². The van der Waals surface area contributed by atoms with Crippen LogP contribution in [0, 0.1) is 18.2 Å². The lowest BCUT2D eigenvalue weighted by atomic mass is 10.1. The maximum Gasteiger partial charge on any atom is 0.186 e. The van der Waals surface area contributed by atoms with Crippen molar-refractivity contribution in [2.24, 2.45) is 5.41 Å². The van der Waals surface area contributed by atoms with Crippen molar-refractivity contribution in [2.75, 3.05) is 12.4 Å². The summed E-state index contributed by atoms with van der Waals surface area (Å²) in [6.45, 7) is 6.04. The molecule has 15 heavy (non-hydrogen) atoms. The van der Waals surface area contributed by atoms with Crippen LogP contribution in [0.25, 0.3) is 0 Å². The number of anilines is 1. The summed E-state index contributed by atoms with van der Waals surface area (Å²) in [6, 6.07) is 0. The zero-order valence-corrected chi connectivity index (χ0v) is 9.56. The first-order valence-corrected chi connectivity index (χ1v) is 5.17. The Bertz CT molecular complexity index is 401. The highest BCUT2D eigenvalue weighted by Crippen LogP contribution is 2.57. The van der Waals surface area contributed by atoms with Crippen LogP contribution in [0.2, 0.25) is 0 Å². The SMILES string of the molecule is CNc1nc(C2CC2(C)C)nc(C)c1F. The van der Waals surface area contributed by atoms with Crippen LogP contribution < -0.4 is 5.32 Å². The number of nitrogens with zero attached hydrogens (tertiary/aromatic N) is 2. The molecule has 1 aromatic rings. The molecule has 82 valence electrons. The Hall–Kier alpha value is -1.19. The van der Waals surface area contributed by atoms with E-state index in [4.69, 9.17) is 0 Å². The third-order valence-corrected chi connectivity index (χ3v) is 3.10. The van der Waals surface area contributed by atoms with Crippen LogP contribution in [0.1, 0.15) is 37.7 Å². The minimum Gasteiger partial charge on any atom is -0.371 e. The van der Waals surface area contributed by atoms with Crippen molar-refractivity contribution in [1.29, 1.82) is 0 Å². The van der Waals surface area contributed by atoms with E-state index in [-0.39, 0.29) is 11.2 Å². The molecule has 0 radical (unpaired) electrons. The van der Waals surface area contributed by atoms with Gasteiger partial charge in [0.15, 0.2) is 11.6 Å². The number of rotatable bonds is 2. The van der Waals surface area contributed by atoms with Crippen molar-refractivity contribution in [3.05, 3.63) is 17.3 Å². The molecule has 0 aliphatic heterocycles. The molecule has 0 spiro atoms. The number of hydrogen-bond acceptors (Lipinski definition) is 3. The van der Waals surface area contributed by atoms with Crippen molar-refractivity contribution in [1.82, 2.24) is 9.97 Å². The minimum atomic E-state index is -0.347. The van der Waals surface area contributed by atoms with Gasteiger partial charge in [0.05, 0.1) is 5.69 Å². The van der Waals surface area contributed by atoms with Crippen molar-refractivity contribution < 1.29 is 4.39 Å². The van der Waals surface area contributed by atoms with Crippen LogP contribution in [-0.2, 0) is 0 Å². The summed E-state index contributed by atoms with van der Waals surface area (Å²) >= 11 is 0. The predicted molar refractivity (Wildman–Crippen MR) is 57.4 cm³/mol. The third kappa shape index (κ3) is 1.68. The van der Waals surface area contributed by atoms with E-state index in [1.807, 2.05) is 0 Å². The van der Waals surface area contributed by atoms with Gasteiger partial charge in [0.25, 0.3) is 0 Å². The Labute approximate surface area is 89.1 Å². The Kier molecular flexibility index (Phi) is 2.17. The van der Waals surface area contributed by atoms with E-state index in [0.29, 0.717) is 17.4 Å². The first-order chi connectivity index (χ1) is 6.95. The maximum absolute atomic E-state index is 13.5. The number of aryl methyl sites for hydroxylation is 1. The van der Waals surface area contributed by atoms with Gasteiger partial charge in [0, 0.05) is 13.0 Å². The van der Waals surface area contributed by atoms with Gasteiger partial charge in [-0.3, -0.25) is 0 Å². The molecule has 0 aromatic carbocycles. The molecule has 1 aromatic heterocycles. The molecule has 3 nitrogen and oxygen atoms in total.